The summed E-state index contributed by atoms with van der Waals surface area (Å²) in [6, 6.07) is -0.243. The van der Waals surface area contributed by atoms with Crippen molar-refractivity contribution in [3.63, 3.8) is 0 Å². The van der Waals surface area contributed by atoms with Crippen LogP contribution in [0.5, 0.6) is 0 Å². The number of hydrogen-bond donors (Lipinski definition) is 1. The van der Waals surface area contributed by atoms with Crippen LogP contribution in [0.3, 0.4) is 0 Å². The number of hydrogen-bond acceptors (Lipinski definition) is 5. The van der Waals surface area contributed by atoms with Crippen molar-refractivity contribution in [3.8, 4) is 0 Å². The van der Waals surface area contributed by atoms with Gasteiger partial charge in [0.1, 0.15) is 0 Å². The Kier molecular flexibility index (Phi) is 13.8. The van der Waals surface area contributed by atoms with Crippen LogP contribution in [0.4, 0.5) is 0 Å². The molecule has 0 bridgehead atoms. The van der Waals surface area contributed by atoms with Gasteiger partial charge in [0.25, 0.3) is 0 Å². The van der Waals surface area contributed by atoms with Gasteiger partial charge in [0.2, 0.25) is 11.8 Å². The van der Waals surface area contributed by atoms with Crippen LogP contribution < -0.4 is 5.32 Å². The number of methoxy groups -OCH3 is 1. The second-order valence-electron chi connectivity index (χ2n) is 7.94. The van der Waals surface area contributed by atoms with Gasteiger partial charge in [0, 0.05) is 26.5 Å². The summed E-state index contributed by atoms with van der Waals surface area (Å²) in [5.41, 5.74) is 0. The minimum atomic E-state index is -0.238. The highest BCUT2D eigenvalue weighted by Gasteiger charge is 2.32. The van der Waals surface area contributed by atoms with Gasteiger partial charge in [-0.15, -0.1) is 0 Å². The molecule has 0 aromatic rings. The molecule has 4 unspecified atom stereocenters. The molecular formula is C21H43N3O3S. The summed E-state index contributed by atoms with van der Waals surface area (Å²) < 4.78 is 5.63. The predicted molar refractivity (Wildman–Crippen MR) is 120 cm³/mol. The molecule has 0 heterocycles. The number of nitrogens with one attached hydrogen (secondary N) is 1. The van der Waals surface area contributed by atoms with Crippen LogP contribution in [0.25, 0.3) is 0 Å². The Labute approximate surface area is 177 Å². The Hall–Kier alpha value is -0.790. The lowest BCUT2D eigenvalue weighted by Gasteiger charge is -2.37. The van der Waals surface area contributed by atoms with Crippen LogP contribution in [0.2, 0.25) is 0 Å². The van der Waals surface area contributed by atoms with Crippen molar-refractivity contribution in [1.29, 1.82) is 0 Å². The molecule has 0 aromatic heterocycles. The molecule has 0 saturated carbocycles. The van der Waals surface area contributed by atoms with Crippen LogP contribution in [0.1, 0.15) is 47.5 Å². The molecule has 2 amide bonds. The van der Waals surface area contributed by atoms with Crippen molar-refractivity contribution in [2.75, 3.05) is 46.3 Å². The summed E-state index contributed by atoms with van der Waals surface area (Å²) in [6.07, 6.45) is 3.85. The average Bonchev–Trinajstić information content (AvgIpc) is 2.67. The Morgan fingerprint density at radius 3 is 2.14 bits per heavy atom. The zero-order valence-electron chi connectivity index (χ0n) is 19.4. The third-order valence-electron chi connectivity index (χ3n) is 5.59. The fraction of sp³-hybridized carbons (Fsp3) is 0.905. The smallest absolute Gasteiger partial charge is 0.242 e. The molecule has 0 fully saturated rings. The molecule has 0 aliphatic rings. The maximum atomic E-state index is 12.8. The summed E-state index contributed by atoms with van der Waals surface area (Å²) in [7, 11) is 5.48. The molecule has 166 valence electrons. The van der Waals surface area contributed by atoms with Crippen molar-refractivity contribution < 1.29 is 14.3 Å². The molecule has 7 heteroatoms. The van der Waals surface area contributed by atoms with E-state index in [0.717, 1.165) is 25.1 Å². The minimum Gasteiger partial charge on any atom is -0.379 e. The van der Waals surface area contributed by atoms with Gasteiger partial charge < -0.3 is 15.0 Å². The summed E-state index contributed by atoms with van der Waals surface area (Å²) >= 11 is 1.76. The fourth-order valence-electron chi connectivity index (χ4n) is 3.73. The Balaban J connectivity index is 5.04. The van der Waals surface area contributed by atoms with E-state index in [0.29, 0.717) is 5.92 Å². The maximum absolute atomic E-state index is 12.8. The van der Waals surface area contributed by atoms with E-state index in [1.807, 2.05) is 27.9 Å². The third kappa shape index (κ3) is 8.29. The number of carbonyl (C=O) groups excluding carboxylic acids is 2. The first-order chi connectivity index (χ1) is 13.2. The lowest BCUT2D eigenvalue weighted by Crippen LogP contribution is -2.54. The topological polar surface area (TPSA) is 61.9 Å². The SMILES string of the molecule is CCC(C)C(C(CC)OC)N(C)C(=O)CNC(=O)C(C(C)C)N(C)CCSC. The fourth-order valence-corrected chi connectivity index (χ4v) is 4.20. The largest absolute Gasteiger partial charge is 0.379 e. The minimum absolute atomic E-state index is 0.00505. The van der Waals surface area contributed by atoms with Gasteiger partial charge in [-0.2, -0.15) is 11.8 Å². The normalized spacial score (nSPS) is 16.0. The second-order valence-corrected chi connectivity index (χ2v) is 8.93. The van der Waals surface area contributed by atoms with Crippen LogP contribution in [-0.2, 0) is 14.3 Å². The van der Waals surface area contributed by atoms with E-state index in [4.69, 9.17) is 4.74 Å². The zero-order valence-corrected chi connectivity index (χ0v) is 20.3. The van der Waals surface area contributed by atoms with Crippen molar-refractivity contribution >= 4 is 23.6 Å². The van der Waals surface area contributed by atoms with Crippen molar-refractivity contribution in [3.05, 3.63) is 0 Å². The maximum Gasteiger partial charge on any atom is 0.242 e. The van der Waals surface area contributed by atoms with Crippen LogP contribution in [0, 0.1) is 11.8 Å². The number of thioether (sulfide) groups is 1. The van der Waals surface area contributed by atoms with Gasteiger partial charge in [-0.05, 0) is 31.6 Å². The standard InChI is InChI=1S/C21H43N3O3S/c1-10-16(5)20(17(11-2)27-8)24(7)18(25)14-22-21(26)19(15(3)4)23(6)12-13-28-9/h15-17,19-20H,10-14H2,1-9H3,(H,22,26). The number of ether oxygens (including phenoxy) is 1. The number of rotatable bonds is 14. The van der Waals surface area contributed by atoms with Gasteiger partial charge in [0.05, 0.1) is 24.7 Å². The second kappa shape index (κ2) is 14.2. The molecule has 0 aliphatic heterocycles. The highest BCUT2D eigenvalue weighted by Crippen LogP contribution is 2.21. The third-order valence-corrected chi connectivity index (χ3v) is 6.18. The van der Waals surface area contributed by atoms with Crippen molar-refractivity contribution in [2.45, 2.75) is 65.6 Å². The van der Waals surface area contributed by atoms with E-state index in [-0.39, 0.29) is 42.5 Å². The van der Waals surface area contributed by atoms with E-state index in [9.17, 15) is 9.59 Å². The molecule has 4 atom stereocenters. The molecule has 0 aromatic carbocycles. The highest BCUT2D eigenvalue weighted by molar-refractivity contribution is 7.98. The molecule has 0 rings (SSSR count). The molecule has 1 N–H and O–H groups in total. The first kappa shape index (κ1) is 27.2. The molecule has 0 radical (unpaired) electrons. The lowest BCUT2D eigenvalue weighted by atomic mass is 9.91. The Morgan fingerprint density at radius 1 is 1.11 bits per heavy atom. The monoisotopic (exact) mass is 417 g/mol. The quantitative estimate of drug-likeness (QED) is 0.471. The average molecular weight is 418 g/mol. The van der Waals surface area contributed by atoms with Gasteiger partial charge >= 0.3 is 0 Å². The van der Waals surface area contributed by atoms with E-state index in [1.165, 1.54) is 0 Å². The summed E-state index contributed by atoms with van der Waals surface area (Å²) in [5, 5.41) is 2.87. The van der Waals surface area contributed by atoms with Gasteiger partial charge in [-0.1, -0.05) is 41.0 Å². The Bertz CT molecular complexity index is 458. The zero-order chi connectivity index (χ0) is 21.9. The first-order valence-corrected chi connectivity index (χ1v) is 11.8. The number of carbonyl (C=O) groups is 2. The Morgan fingerprint density at radius 2 is 1.71 bits per heavy atom. The van der Waals surface area contributed by atoms with Crippen molar-refractivity contribution in [1.82, 2.24) is 15.1 Å². The van der Waals surface area contributed by atoms with E-state index in [1.54, 1.807) is 23.8 Å². The molecular weight excluding hydrogens is 374 g/mol. The van der Waals surface area contributed by atoms with Gasteiger partial charge in [-0.3, -0.25) is 14.5 Å². The van der Waals surface area contributed by atoms with Gasteiger partial charge in [0.15, 0.2) is 0 Å². The molecule has 6 nitrogen and oxygen atoms in total. The van der Waals surface area contributed by atoms with Crippen molar-refractivity contribution in [2.24, 2.45) is 11.8 Å². The van der Waals surface area contributed by atoms with Crippen LogP contribution >= 0.6 is 11.8 Å². The highest BCUT2D eigenvalue weighted by atomic mass is 32.2. The molecule has 0 saturated heterocycles. The van der Waals surface area contributed by atoms with Gasteiger partial charge in [-0.25, -0.2) is 0 Å². The number of amides is 2. The summed E-state index contributed by atoms with van der Waals surface area (Å²) in [5.74, 6) is 1.30. The molecule has 28 heavy (non-hydrogen) atoms. The molecule has 0 aliphatic carbocycles. The summed E-state index contributed by atoms with van der Waals surface area (Å²) in [4.78, 5) is 29.4. The predicted octanol–water partition coefficient (Wildman–Crippen LogP) is 2.72. The first-order valence-electron chi connectivity index (χ1n) is 10.4. The molecule has 0 spiro atoms. The summed E-state index contributed by atoms with van der Waals surface area (Å²) in [6.45, 7) is 11.3. The van der Waals surface area contributed by atoms with Crippen LogP contribution in [0.15, 0.2) is 0 Å². The number of nitrogens with zero attached hydrogens (tertiary/aromatic N) is 2. The van der Waals surface area contributed by atoms with E-state index >= 15 is 0 Å². The number of likely N-dealkylation sites (N-methyl/N-ethyl adjacent to an activating group) is 2. The van der Waals surface area contributed by atoms with Crippen LogP contribution in [-0.4, -0.2) is 86.1 Å². The van der Waals surface area contributed by atoms with E-state index < -0.39 is 0 Å². The lowest BCUT2D eigenvalue weighted by molar-refractivity contribution is -0.138. The van der Waals surface area contributed by atoms with E-state index in [2.05, 4.69) is 37.2 Å².